The van der Waals surface area contributed by atoms with E-state index in [4.69, 9.17) is 0 Å². The number of aromatic amines is 1. The van der Waals surface area contributed by atoms with Gasteiger partial charge in [-0.2, -0.15) is 5.10 Å². The molecule has 0 saturated carbocycles. The third-order valence-corrected chi connectivity index (χ3v) is 3.44. The fourth-order valence-corrected chi connectivity index (χ4v) is 2.47. The van der Waals surface area contributed by atoms with Crippen molar-refractivity contribution in [2.75, 3.05) is 0 Å². The number of para-hydroxylation sites is 1. The van der Waals surface area contributed by atoms with Gasteiger partial charge < -0.3 is 4.98 Å². The molecule has 4 rings (SSSR count). The molecule has 0 aliphatic carbocycles. The van der Waals surface area contributed by atoms with E-state index in [0.717, 1.165) is 16.6 Å². The highest BCUT2D eigenvalue weighted by Gasteiger charge is 2.05. The summed E-state index contributed by atoms with van der Waals surface area (Å²) in [4.78, 5) is 3.40. The molecular weight excluding hydrogens is 246 g/mol. The van der Waals surface area contributed by atoms with Gasteiger partial charge in [-0.05, 0) is 11.6 Å². The van der Waals surface area contributed by atoms with Crippen LogP contribution in [0.3, 0.4) is 0 Å². The molecule has 1 N–H and O–H groups in total. The third kappa shape index (κ3) is 1.80. The Bertz CT molecular complexity index is 898. The Kier molecular flexibility index (Phi) is 2.42. The zero-order chi connectivity index (χ0) is 13.4. The monoisotopic (exact) mass is 259 g/mol. The lowest BCUT2D eigenvalue weighted by Gasteiger charge is -1.93. The number of hydrogen-bond acceptors (Lipinski definition) is 1. The van der Waals surface area contributed by atoms with Crippen LogP contribution in [0.1, 0.15) is 5.56 Å². The molecule has 0 aliphatic rings. The highest BCUT2D eigenvalue weighted by Crippen LogP contribution is 2.25. The smallest absolute Gasteiger partial charge is 0.0667 e. The maximum atomic E-state index is 4.46. The summed E-state index contributed by atoms with van der Waals surface area (Å²) >= 11 is 0. The Hall–Kier alpha value is -2.81. The molecule has 0 aliphatic heterocycles. The van der Waals surface area contributed by atoms with Crippen molar-refractivity contribution in [3.63, 3.8) is 0 Å². The molecule has 2 aromatic heterocycles. The first-order valence-electron chi connectivity index (χ1n) is 6.58. The van der Waals surface area contributed by atoms with Crippen molar-refractivity contribution in [3.05, 3.63) is 72.6 Å². The Morgan fingerprint density at radius 1 is 0.800 bits per heavy atom. The Morgan fingerprint density at radius 2 is 1.60 bits per heavy atom. The summed E-state index contributed by atoms with van der Waals surface area (Å²) in [6.07, 6.45) is 5.92. The first kappa shape index (κ1) is 11.1. The minimum Gasteiger partial charge on any atom is -0.353 e. The van der Waals surface area contributed by atoms with Crippen molar-refractivity contribution in [1.82, 2.24) is 9.66 Å². The van der Waals surface area contributed by atoms with Crippen LogP contribution in [-0.2, 0) is 0 Å². The molecule has 0 fully saturated rings. The van der Waals surface area contributed by atoms with Crippen molar-refractivity contribution in [2.45, 2.75) is 0 Å². The molecule has 96 valence electrons. The molecule has 3 nitrogen and oxygen atoms in total. The molecule has 2 heterocycles. The molecule has 0 spiro atoms. The largest absolute Gasteiger partial charge is 0.353 e. The molecule has 0 unspecified atom stereocenters. The van der Waals surface area contributed by atoms with Crippen molar-refractivity contribution >= 4 is 28.0 Å². The summed E-state index contributed by atoms with van der Waals surface area (Å²) in [7, 11) is 0. The molecule has 0 bridgehead atoms. The predicted octanol–water partition coefficient (Wildman–Crippen LogP) is 4.00. The molecule has 0 amide bonds. The van der Waals surface area contributed by atoms with E-state index in [2.05, 4.69) is 28.3 Å². The second kappa shape index (κ2) is 4.38. The zero-order valence-corrected chi connectivity index (χ0v) is 10.8. The minimum atomic E-state index is 1.09. The van der Waals surface area contributed by atoms with Gasteiger partial charge in [-0.1, -0.05) is 48.5 Å². The van der Waals surface area contributed by atoms with Crippen LogP contribution in [0.25, 0.3) is 21.8 Å². The molecule has 0 atom stereocenters. The van der Waals surface area contributed by atoms with Gasteiger partial charge in [-0.3, -0.25) is 0 Å². The number of nitrogens with one attached hydrogen (secondary N) is 1. The van der Waals surface area contributed by atoms with E-state index in [-0.39, 0.29) is 0 Å². The van der Waals surface area contributed by atoms with Crippen molar-refractivity contribution in [3.8, 4) is 0 Å². The maximum absolute atomic E-state index is 4.46. The minimum absolute atomic E-state index is 1.09. The normalized spacial score (nSPS) is 11.8. The van der Waals surface area contributed by atoms with Gasteiger partial charge in [-0.15, -0.1) is 0 Å². The molecule has 4 aromatic rings. The average molecular weight is 259 g/mol. The van der Waals surface area contributed by atoms with E-state index in [0.29, 0.717) is 0 Å². The summed E-state index contributed by atoms with van der Waals surface area (Å²) in [6.45, 7) is 0. The van der Waals surface area contributed by atoms with Crippen LogP contribution in [-0.4, -0.2) is 15.9 Å². The lowest BCUT2D eigenvalue weighted by molar-refractivity contribution is 0.898. The predicted molar refractivity (Wildman–Crippen MR) is 83.2 cm³/mol. The lowest BCUT2D eigenvalue weighted by atomic mass is 10.2. The highest BCUT2D eigenvalue weighted by molar-refractivity contribution is 6.07. The van der Waals surface area contributed by atoms with Crippen LogP contribution in [0.5, 0.6) is 0 Å². The topological polar surface area (TPSA) is 33.1 Å². The molecule has 3 heteroatoms. The SMILES string of the molecule is C(=Nn1cc2[nH]c3ccccc3c2c1)c1ccccc1. The number of fused-ring (bicyclic) bond motifs is 3. The second-order valence-corrected chi connectivity index (χ2v) is 4.79. The van der Waals surface area contributed by atoms with Gasteiger partial charge in [0, 0.05) is 22.5 Å². The number of H-pyrrole nitrogens is 1. The van der Waals surface area contributed by atoms with E-state index < -0.39 is 0 Å². The van der Waals surface area contributed by atoms with E-state index in [1.807, 2.05) is 59.7 Å². The zero-order valence-electron chi connectivity index (χ0n) is 10.8. The Morgan fingerprint density at radius 3 is 2.50 bits per heavy atom. The summed E-state index contributed by atoms with van der Waals surface area (Å²) in [5, 5.41) is 6.90. The van der Waals surface area contributed by atoms with Gasteiger partial charge in [0.2, 0.25) is 0 Å². The van der Waals surface area contributed by atoms with E-state index in [9.17, 15) is 0 Å². The molecule has 2 aromatic carbocycles. The summed E-state index contributed by atoms with van der Waals surface area (Å²) in [5.74, 6) is 0. The van der Waals surface area contributed by atoms with Crippen LogP contribution in [0, 0.1) is 0 Å². The van der Waals surface area contributed by atoms with E-state index in [1.54, 1.807) is 0 Å². The van der Waals surface area contributed by atoms with Crippen LogP contribution in [0.4, 0.5) is 0 Å². The fourth-order valence-electron chi connectivity index (χ4n) is 2.47. The van der Waals surface area contributed by atoms with Crippen LogP contribution >= 0.6 is 0 Å². The van der Waals surface area contributed by atoms with Gasteiger partial charge in [-0.25, -0.2) is 4.68 Å². The first-order valence-corrected chi connectivity index (χ1v) is 6.58. The highest BCUT2D eigenvalue weighted by atomic mass is 15.3. The number of hydrogen-bond donors (Lipinski definition) is 1. The van der Waals surface area contributed by atoms with Gasteiger partial charge in [0.25, 0.3) is 0 Å². The molecule has 0 saturated heterocycles. The van der Waals surface area contributed by atoms with Crippen LogP contribution < -0.4 is 0 Å². The molecule has 20 heavy (non-hydrogen) atoms. The number of benzene rings is 2. The van der Waals surface area contributed by atoms with Crippen molar-refractivity contribution in [2.24, 2.45) is 5.10 Å². The van der Waals surface area contributed by atoms with Gasteiger partial charge in [0.05, 0.1) is 17.9 Å². The number of nitrogens with zero attached hydrogens (tertiary/aromatic N) is 2. The van der Waals surface area contributed by atoms with Crippen LogP contribution in [0.15, 0.2) is 72.1 Å². The molecule has 0 radical (unpaired) electrons. The second-order valence-electron chi connectivity index (χ2n) is 4.79. The lowest BCUT2D eigenvalue weighted by Crippen LogP contribution is -1.86. The van der Waals surface area contributed by atoms with Crippen molar-refractivity contribution in [1.29, 1.82) is 0 Å². The fraction of sp³-hybridized carbons (Fsp3) is 0. The van der Waals surface area contributed by atoms with Gasteiger partial charge in [0.15, 0.2) is 0 Å². The van der Waals surface area contributed by atoms with E-state index >= 15 is 0 Å². The van der Waals surface area contributed by atoms with Crippen molar-refractivity contribution < 1.29 is 0 Å². The first-order chi connectivity index (χ1) is 9.90. The van der Waals surface area contributed by atoms with Gasteiger partial charge >= 0.3 is 0 Å². The quantitative estimate of drug-likeness (QED) is 0.528. The summed E-state index contributed by atoms with van der Waals surface area (Å²) in [6, 6.07) is 18.4. The third-order valence-electron chi connectivity index (χ3n) is 3.44. The number of aromatic nitrogens is 2. The summed E-state index contributed by atoms with van der Waals surface area (Å²) < 4.78 is 1.85. The maximum Gasteiger partial charge on any atom is 0.0667 e. The Balaban J connectivity index is 1.76. The molecular formula is C17H13N3. The van der Waals surface area contributed by atoms with Gasteiger partial charge in [0.1, 0.15) is 0 Å². The standard InChI is InChI=1S/C17H13N3/c1-2-6-13(7-3-1)10-18-20-11-15-14-8-4-5-9-16(14)19-17(15)12-20/h1-12,19H. The Labute approximate surface area is 116 Å². The van der Waals surface area contributed by atoms with Crippen LogP contribution in [0.2, 0.25) is 0 Å². The summed E-state index contributed by atoms with van der Waals surface area (Å²) in [5.41, 5.74) is 3.36. The number of rotatable bonds is 2. The average Bonchev–Trinajstić information content (AvgIpc) is 3.03. The van der Waals surface area contributed by atoms with E-state index in [1.165, 1.54) is 10.8 Å².